The number of carboxylic acids is 1. The van der Waals surface area contributed by atoms with Crippen LogP contribution >= 0.6 is 0 Å². The topological polar surface area (TPSA) is 92.9 Å². The van der Waals surface area contributed by atoms with E-state index in [0.29, 0.717) is 18.8 Å². The lowest BCUT2D eigenvalue weighted by Gasteiger charge is -2.36. The number of aliphatic carboxylic acids is 1. The molecule has 2 aromatic rings. The molecule has 1 aliphatic rings. The number of ether oxygens (including phenoxy) is 1. The number of nitrogens with zero attached hydrogens (tertiary/aromatic N) is 2. The van der Waals surface area contributed by atoms with Gasteiger partial charge in [0.05, 0.1) is 23.6 Å². The molecule has 0 spiro atoms. The maximum atomic E-state index is 12.7. The molecule has 1 amide bonds. The molecule has 7 heteroatoms. The summed E-state index contributed by atoms with van der Waals surface area (Å²) in [5, 5.41) is 13.1. The molecule has 7 nitrogen and oxygen atoms in total. The van der Waals surface area contributed by atoms with Crippen LogP contribution in [0.2, 0.25) is 0 Å². The quantitative estimate of drug-likeness (QED) is 0.820. The second-order valence-corrected chi connectivity index (χ2v) is 7.42. The van der Waals surface area contributed by atoms with Crippen LogP contribution in [0.25, 0.3) is 0 Å². The summed E-state index contributed by atoms with van der Waals surface area (Å²) in [4.78, 5) is 25.6. The van der Waals surface area contributed by atoms with Gasteiger partial charge in [0.15, 0.2) is 0 Å². The number of carboxylic acid groups (broad SMARTS) is 1. The summed E-state index contributed by atoms with van der Waals surface area (Å²) in [7, 11) is 0. The number of hydrogen-bond donors (Lipinski definition) is 1. The van der Waals surface area contributed by atoms with E-state index in [-0.39, 0.29) is 24.9 Å². The van der Waals surface area contributed by atoms with Gasteiger partial charge in [-0.1, -0.05) is 17.3 Å². The monoisotopic (exact) mass is 386 g/mol. The molecule has 150 valence electrons. The zero-order chi connectivity index (χ0) is 20.3. The number of benzene rings is 1. The summed E-state index contributed by atoms with van der Waals surface area (Å²) in [5.41, 5.74) is 2.63. The predicted octanol–water partition coefficient (Wildman–Crippen LogP) is 3.12. The number of likely N-dealkylation sites (tertiary alicyclic amines) is 1. The highest BCUT2D eigenvalue weighted by molar-refractivity contribution is 5.80. The Hall–Kier alpha value is -2.83. The summed E-state index contributed by atoms with van der Waals surface area (Å²) in [6.45, 7) is 6.36. The van der Waals surface area contributed by atoms with E-state index in [1.807, 2.05) is 45.0 Å². The van der Waals surface area contributed by atoms with Crippen molar-refractivity contribution in [3.05, 3.63) is 46.8 Å². The van der Waals surface area contributed by atoms with E-state index in [1.165, 1.54) is 0 Å². The van der Waals surface area contributed by atoms with Crippen LogP contribution < -0.4 is 4.74 Å². The average molecular weight is 386 g/mol. The summed E-state index contributed by atoms with van der Waals surface area (Å²) in [6, 6.07) is 7.47. The molecular formula is C21H26N2O5. The number of carbonyl (C=O) groups is 2. The number of carbonyl (C=O) groups excluding carboxylic acids is 1. The van der Waals surface area contributed by atoms with E-state index >= 15 is 0 Å². The number of aromatic nitrogens is 1. The van der Waals surface area contributed by atoms with Crippen LogP contribution in [0.15, 0.2) is 28.8 Å². The first-order chi connectivity index (χ1) is 13.3. The molecule has 0 bridgehead atoms. The Bertz CT molecular complexity index is 823. The third kappa shape index (κ3) is 4.52. The average Bonchev–Trinajstić information content (AvgIpc) is 2.99. The molecule has 1 aromatic heterocycles. The molecule has 1 saturated heterocycles. The molecule has 0 radical (unpaired) electrons. The Morgan fingerprint density at radius 3 is 2.57 bits per heavy atom. The molecule has 28 heavy (non-hydrogen) atoms. The van der Waals surface area contributed by atoms with Crippen molar-refractivity contribution in [3.63, 3.8) is 0 Å². The minimum absolute atomic E-state index is 0.0390. The first kappa shape index (κ1) is 19.9. The summed E-state index contributed by atoms with van der Waals surface area (Å²) >= 11 is 0. The molecule has 2 unspecified atom stereocenters. The Kier molecular flexibility index (Phi) is 6.02. The summed E-state index contributed by atoms with van der Waals surface area (Å²) in [5.74, 6) is 0.108. The van der Waals surface area contributed by atoms with Crippen molar-refractivity contribution in [3.8, 4) is 5.75 Å². The van der Waals surface area contributed by atoms with Crippen LogP contribution in [0.3, 0.4) is 0 Å². The van der Waals surface area contributed by atoms with Crippen LogP contribution in [0.4, 0.5) is 0 Å². The molecule has 0 aliphatic carbocycles. The van der Waals surface area contributed by atoms with Gasteiger partial charge in [-0.2, -0.15) is 0 Å². The second-order valence-electron chi connectivity index (χ2n) is 7.42. The fraction of sp³-hybridized carbons (Fsp3) is 0.476. The Morgan fingerprint density at radius 1 is 1.25 bits per heavy atom. The van der Waals surface area contributed by atoms with E-state index in [1.54, 1.807) is 4.90 Å². The third-order valence-electron chi connectivity index (χ3n) is 5.39. The van der Waals surface area contributed by atoms with Gasteiger partial charge < -0.3 is 19.3 Å². The van der Waals surface area contributed by atoms with Gasteiger partial charge in [0.2, 0.25) is 5.91 Å². The van der Waals surface area contributed by atoms with Crippen LogP contribution in [0.5, 0.6) is 5.75 Å². The lowest BCUT2D eigenvalue weighted by atomic mass is 9.93. The Morgan fingerprint density at radius 2 is 1.96 bits per heavy atom. The second kappa shape index (κ2) is 8.46. The smallest absolute Gasteiger partial charge is 0.308 e. The molecular weight excluding hydrogens is 360 g/mol. The predicted molar refractivity (Wildman–Crippen MR) is 102 cm³/mol. The van der Waals surface area contributed by atoms with E-state index in [9.17, 15) is 14.7 Å². The van der Waals surface area contributed by atoms with E-state index in [4.69, 9.17) is 9.26 Å². The number of amides is 1. The zero-order valence-electron chi connectivity index (χ0n) is 16.5. The van der Waals surface area contributed by atoms with Crippen molar-refractivity contribution in [1.82, 2.24) is 10.1 Å². The van der Waals surface area contributed by atoms with Gasteiger partial charge >= 0.3 is 5.97 Å². The van der Waals surface area contributed by atoms with Crippen molar-refractivity contribution in [1.29, 1.82) is 0 Å². The van der Waals surface area contributed by atoms with Gasteiger partial charge in [0, 0.05) is 12.6 Å². The van der Waals surface area contributed by atoms with E-state index in [2.05, 4.69) is 5.16 Å². The largest absolute Gasteiger partial charge is 0.489 e. The van der Waals surface area contributed by atoms with Crippen LogP contribution in [-0.4, -0.2) is 39.6 Å². The molecule has 1 N–H and O–H groups in total. The molecule has 1 aliphatic heterocycles. The number of rotatable bonds is 6. The zero-order valence-corrected chi connectivity index (χ0v) is 16.5. The van der Waals surface area contributed by atoms with Gasteiger partial charge in [-0.3, -0.25) is 9.59 Å². The van der Waals surface area contributed by atoms with Crippen molar-refractivity contribution in [2.75, 3.05) is 6.54 Å². The van der Waals surface area contributed by atoms with Crippen LogP contribution in [0.1, 0.15) is 42.3 Å². The first-order valence-electron chi connectivity index (χ1n) is 9.51. The highest BCUT2D eigenvalue weighted by Crippen LogP contribution is 2.24. The van der Waals surface area contributed by atoms with E-state index < -0.39 is 11.9 Å². The highest BCUT2D eigenvalue weighted by Gasteiger charge is 2.32. The molecule has 2 atom stereocenters. The molecule has 0 saturated carbocycles. The molecule has 1 aromatic carbocycles. The molecule has 1 fully saturated rings. The van der Waals surface area contributed by atoms with Crippen molar-refractivity contribution in [2.24, 2.45) is 5.92 Å². The fourth-order valence-electron chi connectivity index (χ4n) is 3.50. The summed E-state index contributed by atoms with van der Waals surface area (Å²) in [6.07, 6.45) is 1.59. The fourth-order valence-corrected chi connectivity index (χ4v) is 3.50. The van der Waals surface area contributed by atoms with Crippen molar-refractivity contribution < 1.29 is 24.0 Å². The maximum absolute atomic E-state index is 12.7. The number of piperidine rings is 1. The highest BCUT2D eigenvalue weighted by atomic mass is 16.5. The van der Waals surface area contributed by atoms with Crippen LogP contribution in [0, 0.1) is 19.8 Å². The number of aryl methyl sites for hydroxylation is 2. The minimum Gasteiger partial charge on any atom is -0.489 e. The Balaban J connectivity index is 1.57. The van der Waals surface area contributed by atoms with Gasteiger partial charge in [-0.15, -0.1) is 0 Å². The molecule has 2 heterocycles. The van der Waals surface area contributed by atoms with Gasteiger partial charge in [-0.05, 0) is 51.3 Å². The normalized spacial score (nSPS) is 19.5. The third-order valence-corrected chi connectivity index (χ3v) is 5.39. The van der Waals surface area contributed by atoms with Crippen LogP contribution in [-0.2, 0) is 22.6 Å². The van der Waals surface area contributed by atoms with Gasteiger partial charge in [0.1, 0.15) is 18.1 Å². The SMILES string of the molecule is Cc1noc(C)c1COc1ccc(CC(=O)N2CC(C(=O)O)CCC2C)cc1. The van der Waals surface area contributed by atoms with Crippen molar-refractivity contribution >= 4 is 11.9 Å². The van der Waals surface area contributed by atoms with Gasteiger partial charge in [0.25, 0.3) is 0 Å². The standard InChI is InChI=1S/C21H26N2O5/c1-13-4-7-17(21(25)26)11-23(13)20(24)10-16-5-8-18(9-6-16)27-12-19-14(2)22-28-15(19)3/h5-6,8-9,13,17H,4,7,10-12H2,1-3H3,(H,25,26). The number of hydrogen-bond acceptors (Lipinski definition) is 5. The Labute approximate surface area is 164 Å². The minimum atomic E-state index is -0.829. The summed E-state index contributed by atoms with van der Waals surface area (Å²) < 4.78 is 10.9. The molecule has 3 rings (SSSR count). The van der Waals surface area contributed by atoms with Gasteiger partial charge in [-0.25, -0.2) is 0 Å². The van der Waals surface area contributed by atoms with Crippen molar-refractivity contribution in [2.45, 2.75) is 52.7 Å². The van der Waals surface area contributed by atoms with E-state index in [0.717, 1.165) is 29.0 Å². The first-order valence-corrected chi connectivity index (χ1v) is 9.51. The lowest BCUT2D eigenvalue weighted by Crippen LogP contribution is -2.47. The lowest BCUT2D eigenvalue weighted by molar-refractivity contribution is -0.147. The maximum Gasteiger partial charge on any atom is 0.308 e.